The molecule has 1 aliphatic heterocycles. The Kier molecular flexibility index (Phi) is 3.88. The predicted molar refractivity (Wildman–Crippen MR) is 62.9 cm³/mol. The number of hydrogen-bond acceptors (Lipinski definition) is 4. The van der Waals surface area contributed by atoms with Gasteiger partial charge >= 0.3 is 0 Å². The smallest absolute Gasteiger partial charge is 0.0636 e. The highest BCUT2D eigenvalue weighted by molar-refractivity contribution is 5.08. The number of pyridine rings is 1. The second kappa shape index (κ2) is 5.39. The van der Waals surface area contributed by atoms with Crippen molar-refractivity contribution in [2.45, 2.75) is 25.0 Å². The van der Waals surface area contributed by atoms with Gasteiger partial charge in [0.25, 0.3) is 0 Å². The Balaban J connectivity index is 1.94. The molecule has 1 fully saturated rings. The molecule has 0 amide bonds. The molecule has 2 atom stereocenters. The second-order valence-corrected chi connectivity index (χ2v) is 4.37. The largest absolute Gasteiger partial charge is 0.380 e. The second-order valence-electron chi connectivity index (χ2n) is 4.37. The number of aromatic nitrogens is 1. The highest BCUT2D eigenvalue weighted by atomic mass is 16.5. The fourth-order valence-corrected chi connectivity index (χ4v) is 2.09. The molecule has 1 aromatic rings. The lowest BCUT2D eigenvalue weighted by Gasteiger charge is -2.35. The molecule has 1 aromatic heterocycles. The van der Waals surface area contributed by atoms with Gasteiger partial charge in [-0.25, -0.2) is 0 Å². The van der Waals surface area contributed by atoms with Crippen LogP contribution in [0, 0.1) is 0 Å². The number of likely N-dealkylation sites (N-methyl/N-ethyl adjacent to an activating group) is 1. The van der Waals surface area contributed by atoms with E-state index in [-0.39, 0.29) is 6.04 Å². The normalized spacial score (nSPS) is 25.9. The molecule has 0 spiro atoms. The van der Waals surface area contributed by atoms with E-state index in [1.165, 1.54) is 5.56 Å². The first kappa shape index (κ1) is 11.5. The lowest BCUT2D eigenvalue weighted by Crippen LogP contribution is -2.51. The average Bonchev–Trinajstić information content (AvgIpc) is 2.31. The van der Waals surface area contributed by atoms with Crippen molar-refractivity contribution in [3.05, 3.63) is 30.1 Å². The highest BCUT2D eigenvalue weighted by Gasteiger charge is 2.25. The minimum absolute atomic E-state index is 0.218. The molecule has 88 valence electrons. The molecule has 2 heterocycles. The molecule has 1 aliphatic rings. The molecule has 2 rings (SSSR count). The third-order valence-electron chi connectivity index (χ3n) is 3.10. The zero-order valence-corrected chi connectivity index (χ0v) is 9.67. The quantitative estimate of drug-likeness (QED) is 0.813. The van der Waals surface area contributed by atoms with E-state index in [2.05, 4.69) is 23.0 Å². The third kappa shape index (κ3) is 2.78. The molecular weight excluding hydrogens is 202 g/mol. The van der Waals surface area contributed by atoms with Gasteiger partial charge in [0, 0.05) is 37.6 Å². The number of rotatable bonds is 3. The standard InChI is InChI=1S/C12H19N3O/c1-15(8-10-3-2-5-14-7-10)12-9-16-6-4-11(12)13/h2-3,5,7,11-12H,4,6,8-9,13H2,1H3. The zero-order valence-electron chi connectivity index (χ0n) is 9.67. The summed E-state index contributed by atoms with van der Waals surface area (Å²) in [5.74, 6) is 0. The Labute approximate surface area is 96.4 Å². The molecule has 0 saturated carbocycles. The fourth-order valence-electron chi connectivity index (χ4n) is 2.09. The summed E-state index contributed by atoms with van der Waals surface area (Å²) in [5.41, 5.74) is 7.31. The molecule has 2 N–H and O–H groups in total. The fraction of sp³-hybridized carbons (Fsp3) is 0.583. The lowest BCUT2D eigenvalue weighted by molar-refractivity contribution is 0.0127. The van der Waals surface area contributed by atoms with Crippen molar-refractivity contribution in [1.82, 2.24) is 9.88 Å². The Bertz CT molecular complexity index is 317. The van der Waals surface area contributed by atoms with Crippen molar-refractivity contribution in [2.24, 2.45) is 5.73 Å². The first-order chi connectivity index (χ1) is 7.77. The van der Waals surface area contributed by atoms with Gasteiger partial charge in [-0.05, 0) is 25.1 Å². The van der Waals surface area contributed by atoms with E-state index in [0.29, 0.717) is 6.04 Å². The molecule has 1 saturated heterocycles. The first-order valence-corrected chi connectivity index (χ1v) is 5.70. The molecule has 0 aromatic carbocycles. The molecular formula is C12H19N3O. The molecule has 0 bridgehead atoms. The van der Waals surface area contributed by atoms with Crippen molar-refractivity contribution < 1.29 is 4.74 Å². The van der Waals surface area contributed by atoms with Crippen LogP contribution in [-0.4, -0.2) is 42.2 Å². The van der Waals surface area contributed by atoms with Gasteiger partial charge in [0.05, 0.1) is 6.61 Å². The first-order valence-electron chi connectivity index (χ1n) is 5.70. The van der Waals surface area contributed by atoms with Crippen molar-refractivity contribution in [3.63, 3.8) is 0 Å². The molecule has 0 radical (unpaired) electrons. The maximum absolute atomic E-state index is 6.10. The van der Waals surface area contributed by atoms with Gasteiger partial charge < -0.3 is 10.5 Å². The van der Waals surface area contributed by atoms with Crippen LogP contribution in [0.4, 0.5) is 0 Å². The van der Waals surface area contributed by atoms with Crippen LogP contribution in [-0.2, 0) is 11.3 Å². The van der Waals surface area contributed by atoms with Crippen LogP contribution in [0.1, 0.15) is 12.0 Å². The summed E-state index contributed by atoms with van der Waals surface area (Å²) in [6, 6.07) is 4.57. The SMILES string of the molecule is CN(Cc1cccnc1)C1COCCC1N. The summed E-state index contributed by atoms with van der Waals surface area (Å²) in [6.45, 7) is 2.39. The van der Waals surface area contributed by atoms with Crippen LogP contribution in [0.15, 0.2) is 24.5 Å². The topological polar surface area (TPSA) is 51.4 Å². The molecule has 16 heavy (non-hydrogen) atoms. The summed E-state index contributed by atoms with van der Waals surface area (Å²) in [6.07, 6.45) is 4.63. The summed E-state index contributed by atoms with van der Waals surface area (Å²) in [4.78, 5) is 6.36. The Morgan fingerprint density at radius 2 is 2.50 bits per heavy atom. The van der Waals surface area contributed by atoms with Crippen molar-refractivity contribution in [2.75, 3.05) is 20.3 Å². The van der Waals surface area contributed by atoms with E-state index >= 15 is 0 Å². The van der Waals surface area contributed by atoms with Gasteiger partial charge in [0.1, 0.15) is 0 Å². The Morgan fingerprint density at radius 3 is 3.19 bits per heavy atom. The lowest BCUT2D eigenvalue weighted by atomic mass is 10.0. The van der Waals surface area contributed by atoms with E-state index in [9.17, 15) is 0 Å². The summed E-state index contributed by atoms with van der Waals surface area (Å²) < 4.78 is 5.47. The average molecular weight is 221 g/mol. The monoisotopic (exact) mass is 221 g/mol. The van der Waals surface area contributed by atoms with E-state index in [0.717, 1.165) is 26.2 Å². The number of nitrogens with zero attached hydrogens (tertiary/aromatic N) is 2. The molecule has 4 heteroatoms. The van der Waals surface area contributed by atoms with Crippen molar-refractivity contribution in [1.29, 1.82) is 0 Å². The van der Waals surface area contributed by atoms with Gasteiger partial charge in [-0.1, -0.05) is 6.07 Å². The Hall–Kier alpha value is -0.970. The minimum atomic E-state index is 0.218. The van der Waals surface area contributed by atoms with E-state index in [4.69, 9.17) is 10.5 Å². The van der Waals surface area contributed by atoms with Crippen molar-refractivity contribution in [3.8, 4) is 0 Å². The maximum atomic E-state index is 6.10. The van der Waals surface area contributed by atoms with E-state index < -0.39 is 0 Å². The molecule has 4 nitrogen and oxygen atoms in total. The highest BCUT2D eigenvalue weighted by Crippen LogP contribution is 2.13. The maximum Gasteiger partial charge on any atom is 0.0636 e. The predicted octanol–water partition coefficient (Wildman–Crippen LogP) is 0.630. The van der Waals surface area contributed by atoms with Gasteiger partial charge in [0.15, 0.2) is 0 Å². The summed E-state index contributed by atoms with van der Waals surface area (Å²) in [7, 11) is 2.09. The van der Waals surface area contributed by atoms with Crippen LogP contribution >= 0.6 is 0 Å². The molecule has 2 unspecified atom stereocenters. The van der Waals surface area contributed by atoms with Crippen LogP contribution in [0.3, 0.4) is 0 Å². The van der Waals surface area contributed by atoms with Crippen LogP contribution in [0.2, 0.25) is 0 Å². The zero-order chi connectivity index (χ0) is 11.4. The van der Waals surface area contributed by atoms with E-state index in [1.807, 2.05) is 12.3 Å². The third-order valence-corrected chi connectivity index (χ3v) is 3.10. The minimum Gasteiger partial charge on any atom is -0.380 e. The van der Waals surface area contributed by atoms with Crippen LogP contribution < -0.4 is 5.73 Å². The Morgan fingerprint density at radius 1 is 1.62 bits per heavy atom. The van der Waals surface area contributed by atoms with Crippen molar-refractivity contribution >= 4 is 0 Å². The summed E-state index contributed by atoms with van der Waals surface area (Å²) in [5, 5.41) is 0. The van der Waals surface area contributed by atoms with Crippen LogP contribution in [0.5, 0.6) is 0 Å². The van der Waals surface area contributed by atoms with Gasteiger partial charge in [0.2, 0.25) is 0 Å². The van der Waals surface area contributed by atoms with Crippen LogP contribution in [0.25, 0.3) is 0 Å². The van der Waals surface area contributed by atoms with Gasteiger partial charge in [-0.3, -0.25) is 9.88 Å². The number of ether oxygens (including phenoxy) is 1. The molecule has 0 aliphatic carbocycles. The van der Waals surface area contributed by atoms with E-state index in [1.54, 1.807) is 6.20 Å². The number of hydrogen-bond donors (Lipinski definition) is 1. The number of nitrogens with two attached hydrogens (primary N) is 1. The van der Waals surface area contributed by atoms with Gasteiger partial charge in [-0.15, -0.1) is 0 Å². The van der Waals surface area contributed by atoms with Gasteiger partial charge in [-0.2, -0.15) is 0 Å². The summed E-state index contributed by atoms with van der Waals surface area (Å²) >= 11 is 0.